The Morgan fingerprint density at radius 3 is 2.87 bits per heavy atom. The molecule has 0 aliphatic carbocycles. The molecule has 1 N–H and O–H groups in total. The highest BCUT2D eigenvalue weighted by molar-refractivity contribution is 6.31. The Morgan fingerprint density at radius 1 is 1.43 bits per heavy atom. The average Bonchev–Trinajstić information content (AvgIpc) is 2.94. The maximum absolute atomic E-state index is 12.6. The van der Waals surface area contributed by atoms with Crippen molar-refractivity contribution in [2.24, 2.45) is 0 Å². The highest BCUT2D eigenvalue weighted by Gasteiger charge is 2.23. The van der Waals surface area contributed by atoms with E-state index in [2.05, 4.69) is 9.72 Å². The quantitative estimate of drug-likeness (QED) is 0.737. The molecular weight excluding hydrogens is 322 g/mol. The summed E-state index contributed by atoms with van der Waals surface area (Å²) in [5, 5.41) is 10.5. The molecule has 7 nitrogen and oxygen atoms in total. The number of hydrogen-bond acceptors (Lipinski definition) is 5. The molecule has 118 valence electrons. The fourth-order valence-corrected chi connectivity index (χ4v) is 2.53. The smallest absolute Gasteiger partial charge is 0.347 e. The van der Waals surface area contributed by atoms with Crippen LogP contribution in [0.1, 0.15) is 16.1 Å². The summed E-state index contributed by atoms with van der Waals surface area (Å²) in [5.41, 5.74) is -0.293. The van der Waals surface area contributed by atoms with Crippen molar-refractivity contribution in [3.8, 4) is 5.75 Å². The SMILES string of the molecule is COC(=O)c1c(O)c2cc(Cl)cn2n(Cc2ccccn2)c1=O. The Kier molecular flexibility index (Phi) is 3.79. The second-order valence-electron chi connectivity index (χ2n) is 4.79. The van der Waals surface area contributed by atoms with Crippen LogP contribution in [0, 0.1) is 0 Å². The van der Waals surface area contributed by atoms with Gasteiger partial charge in [0, 0.05) is 12.4 Å². The van der Waals surface area contributed by atoms with E-state index in [1.807, 2.05) is 0 Å². The molecule has 0 aliphatic heterocycles. The van der Waals surface area contributed by atoms with E-state index in [-0.39, 0.29) is 12.1 Å². The van der Waals surface area contributed by atoms with Gasteiger partial charge in [-0.25, -0.2) is 9.48 Å². The predicted molar refractivity (Wildman–Crippen MR) is 83.0 cm³/mol. The zero-order valence-electron chi connectivity index (χ0n) is 12.1. The first-order valence-corrected chi connectivity index (χ1v) is 7.02. The molecule has 3 heterocycles. The average molecular weight is 334 g/mol. The van der Waals surface area contributed by atoms with Gasteiger partial charge < -0.3 is 9.84 Å². The van der Waals surface area contributed by atoms with Crippen LogP contribution in [0.15, 0.2) is 41.5 Å². The molecule has 3 aromatic heterocycles. The summed E-state index contributed by atoms with van der Waals surface area (Å²) in [6, 6.07) is 6.74. The fraction of sp³-hybridized carbons (Fsp3) is 0.133. The third-order valence-corrected chi connectivity index (χ3v) is 3.59. The minimum absolute atomic E-state index is 0.103. The first-order valence-electron chi connectivity index (χ1n) is 6.64. The standard InChI is InChI=1S/C15H12ClN3O4/c1-23-15(22)12-13(20)11-6-9(16)7-18(11)19(14(12)21)8-10-4-2-3-5-17-10/h2-7,20H,8H2,1H3. The van der Waals surface area contributed by atoms with Gasteiger partial charge in [0.25, 0.3) is 5.56 Å². The van der Waals surface area contributed by atoms with Gasteiger partial charge in [-0.3, -0.25) is 14.3 Å². The lowest BCUT2D eigenvalue weighted by Crippen LogP contribution is -2.32. The van der Waals surface area contributed by atoms with Gasteiger partial charge in [-0.2, -0.15) is 0 Å². The number of nitrogens with zero attached hydrogens (tertiary/aromatic N) is 3. The fourth-order valence-electron chi connectivity index (χ4n) is 2.33. The molecule has 0 saturated heterocycles. The van der Waals surface area contributed by atoms with Crippen LogP contribution in [-0.2, 0) is 11.3 Å². The second-order valence-corrected chi connectivity index (χ2v) is 5.22. The van der Waals surface area contributed by atoms with Crippen LogP contribution in [0.2, 0.25) is 5.02 Å². The zero-order chi connectivity index (χ0) is 16.6. The molecule has 3 rings (SSSR count). The largest absolute Gasteiger partial charge is 0.505 e. The highest BCUT2D eigenvalue weighted by Crippen LogP contribution is 2.25. The molecule has 0 saturated carbocycles. The summed E-state index contributed by atoms with van der Waals surface area (Å²) in [6.45, 7) is 0.103. The molecular formula is C15H12ClN3O4. The van der Waals surface area contributed by atoms with Gasteiger partial charge in [0.15, 0.2) is 11.3 Å². The second kappa shape index (κ2) is 5.77. The van der Waals surface area contributed by atoms with Gasteiger partial charge in [-0.1, -0.05) is 17.7 Å². The van der Waals surface area contributed by atoms with E-state index in [0.717, 1.165) is 7.11 Å². The number of halogens is 1. The number of fused-ring (bicyclic) bond motifs is 1. The number of ether oxygens (including phenoxy) is 1. The van der Waals surface area contributed by atoms with E-state index in [1.165, 1.54) is 21.5 Å². The van der Waals surface area contributed by atoms with Crippen molar-refractivity contribution in [3.05, 3.63) is 63.3 Å². The number of esters is 1. The molecule has 0 fully saturated rings. The van der Waals surface area contributed by atoms with Crippen molar-refractivity contribution >= 4 is 23.1 Å². The lowest BCUT2D eigenvalue weighted by Gasteiger charge is -2.13. The molecule has 0 bridgehead atoms. The van der Waals surface area contributed by atoms with Gasteiger partial charge in [-0.15, -0.1) is 0 Å². The van der Waals surface area contributed by atoms with Gasteiger partial charge >= 0.3 is 5.97 Å². The van der Waals surface area contributed by atoms with E-state index >= 15 is 0 Å². The number of aromatic hydroxyl groups is 1. The third-order valence-electron chi connectivity index (χ3n) is 3.38. The summed E-state index contributed by atoms with van der Waals surface area (Å²) in [7, 11) is 1.14. The van der Waals surface area contributed by atoms with Crippen LogP contribution in [0.5, 0.6) is 5.75 Å². The first-order chi connectivity index (χ1) is 11.0. The maximum atomic E-state index is 12.6. The van der Waals surface area contributed by atoms with Crippen LogP contribution in [0.3, 0.4) is 0 Å². The van der Waals surface area contributed by atoms with Crippen molar-refractivity contribution in [2.75, 3.05) is 7.11 Å². The summed E-state index contributed by atoms with van der Waals surface area (Å²) < 4.78 is 7.24. The maximum Gasteiger partial charge on any atom is 0.347 e. The monoisotopic (exact) mass is 333 g/mol. The van der Waals surface area contributed by atoms with Gasteiger partial charge in [0.1, 0.15) is 5.52 Å². The Balaban J connectivity index is 2.31. The van der Waals surface area contributed by atoms with E-state index in [0.29, 0.717) is 10.7 Å². The van der Waals surface area contributed by atoms with Gasteiger partial charge in [0.2, 0.25) is 0 Å². The number of carbonyl (C=O) groups excluding carboxylic acids is 1. The van der Waals surface area contributed by atoms with Gasteiger partial charge in [0.05, 0.1) is 24.4 Å². The molecule has 3 aromatic rings. The Hall–Kier alpha value is -2.80. The minimum Gasteiger partial charge on any atom is -0.505 e. The Bertz CT molecular complexity index is 947. The van der Waals surface area contributed by atoms with E-state index in [9.17, 15) is 14.7 Å². The van der Waals surface area contributed by atoms with Crippen LogP contribution >= 0.6 is 11.6 Å². The molecule has 0 amide bonds. The summed E-state index contributed by atoms with van der Waals surface area (Å²) in [6.07, 6.45) is 3.07. The van der Waals surface area contributed by atoms with Crippen LogP contribution in [0.4, 0.5) is 0 Å². The topological polar surface area (TPSA) is 85.8 Å². The normalized spacial score (nSPS) is 10.9. The summed E-state index contributed by atoms with van der Waals surface area (Å²) in [4.78, 5) is 28.6. The summed E-state index contributed by atoms with van der Waals surface area (Å²) >= 11 is 5.97. The number of carbonyl (C=O) groups is 1. The molecule has 0 atom stereocenters. The highest BCUT2D eigenvalue weighted by atomic mass is 35.5. The molecule has 0 unspecified atom stereocenters. The molecule has 0 radical (unpaired) electrons. The van der Waals surface area contributed by atoms with Crippen molar-refractivity contribution in [2.45, 2.75) is 6.54 Å². The lowest BCUT2D eigenvalue weighted by atomic mass is 10.2. The van der Waals surface area contributed by atoms with Crippen LogP contribution in [0.25, 0.3) is 5.52 Å². The Labute approximate surface area is 135 Å². The number of rotatable bonds is 3. The van der Waals surface area contributed by atoms with E-state index in [1.54, 1.807) is 24.4 Å². The summed E-state index contributed by atoms with van der Waals surface area (Å²) in [5.74, 6) is -1.38. The van der Waals surface area contributed by atoms with Crippen LogP contribution < -0.4 is 5.56 Å². The predicted octanol–water partition coefficient (Wildman–Crippen LogP) is 1.69. The lowest BCUT2D eigenvalue weighted by molar-refractivity contribution is 0.0594. The van der Waals surface area contributed by atoms with Crippen molar-refractivity contribution in [1.82, 2.24) is 14.2 Å². The van der Waals surface area contributed by atoms with E-state index < -0.39 is 22.8 Å². The van der Waals surface area contributed by atoms with Crippen LogP contribution in [-0.4, -0.2) is 32.4 Å². The number of pyridine rings is 1. The van der Waals surface area contributed by atoms with Crippen molar-refractivity contribution in [3.63, 3.8) is 0 Å². The minimum atomic E-state index is -0.915. The number of methoxy groups -OCH3 is 1. The van der Waals surface area contributed by atoms with Gasteiger partial charge in [-0.05, 0) is 18.2 Å². The molecule has 0 aromatic carbocycles. The number of aromatic nitrogens is 3. The zero-order valence-corrected chi connectivity index (χ0v) is 12.8. The molecule has 8 heteroatoms. The van der Waals surface area contributed by atoms with Crippen molar-refractivity contribution < 1.29 is 14.6 Å². The molecule has 23 heavy (non-hydrogen) atoms. The van der Waals surface area contributed by atoms with Crippen molar-refractivity contribution in [1.29, 1.82) is 0 Å². The third kappa shape index (κ3) is 2.55. The molecule has 0 aliphatic rings. The first kappa shape index (κ1) is 15.1. The van der Waals surface area contributed by atoms with E-state index in [4.69, 9.17) is 11.6 Å². The Morgan fingerprint density at radius 2 is 2.22 bits per heavy atom. The molecule has 0 spiro atoms. The number of hydrogen-bond donors (Lipinski definition) is 1.